The monoisotopic (exact) mass is 1070 g/mol. The van der Waals surface area contributed by atoms with E-state index in [0.717, 1.165) is 91.8 Å². The number of hydrogen-bond acceptors (Lipinski definition) is 13. The van der Waals surface area contributed by atoms with Crippen molar-refractivity contribution >= 4 is 58.9 Å². The van der Waals surface area contributed by atoms with Crippen molar-refractivity contribution in [2.75, 3.05) is 36.4 Å². The van der Waals surface area contributed by atoms with Crippen molar-refractivity contribution in [3.05, 3.63) is 242 Å². The number of anilines is 4. The molecule has 0 saturated carbocycles. The number of ether oxygens (including phenoxy) is 5. The van der Waals surface area contributed by atoms with Gasteiger partial charge in [0.05, 0.1) is 67.2 Å². The number of hydrogen-bond donors (Lipinski definition) is 0. The lowest BCUT2D eigenvalue weighted by Crippen LogP contribution is -2.13. The maximum Gasteiger partial charge on any atom is 0.343 e. The van der Waals surface area contributed by atoms with Crippen LogP contribution in [-0.4, -0.2) is 62.5 Å². The quantitative estimate of drug-likeness (QED) is 0.00548. The van der Waals surface area contributed by atoms with E-state index in [1.54, 1.807) is 72.1 Å². The fraction of sp³-hybridized carbons (Fsp3) is 0.224. The molecule has 13 heteroatoms. The lowest BCUT2D eigenvalue weighted by Gasteiger charge is -2.20. The average Bonchev–Trinajstić information content (AvgIpc) is 3.50. The second kappa shape index (κ2) is 34.4. The Morgan fingerprint density at radius 2 is 0.975 bits per heavy atom. The second-order valence-electron chi connectivity index (χ2n) is 18.2. The summed E-state index contributed by atoms with van der Waals surface area (Å²) in [6.45, 7) is 12.3. The van der Waals surface area contributed by atoms with E-state index in [0.29, 0.717) is 61.0 Å². The summed E-state index contributed by atoms with van der Waals surface area (Å²) in [6.07, 6.45) is 20.1. The third kappa shape index (κ3) is 20.9. The van der Waals surface area contributed by atoms with Gasteiger partial charge in [-0.05, 0) is 160 Å². The van der Waals surface area contributed by atoms with Crippen molar-refractivity contribution in [3.8, 4) is 11.5 Å². The predicted molar refractivity (Wildman–Crippen MR) is 319 cm³/mol. The molecule has 0 aliphatic heterocycles. The summed E-state index contributed by atoms with van der Waals surface area (Å²) >= 11 is 0. The first-order chi connectivity index (χ1) is 39.2. The minimum Gasteiger partial charge on any atom is -0.494 e. The van der Waals surface area contributed by atoms with E-state index in [1.165, 1.54) is 0 Å². The van der Waals surface area contributed by atoms with E-state index in [9.17, 15) is 19.2 Å². The predicted octanol–water partition coefficient (Wildman–Crippen LogP) is 14.7. The van der Waals surface area contributed by atoms with Crippen molar-refractivity contribution in [3.63, 3.8) is 0 Å². The highest BCUT2D eigenvalue weighted by Gasteiger charge is 2.18. The van der Waals surface area contributed by atoms with Crippen LogP contribution in [0.2, 0.25) is 0 Å². The Balaban J connectivity index is 1.27. The number of esters is 3. The molecule has 6 aromatic rings. The maximum absolute atomic E-state index is 14.2. The first-order valence-corrected chi connectivity index (χ1v) is 27.0. The Morgan fingerprint density at radius 1 is 0.512 bits per heavy atom. The Morgan fingerprint density at radius 3 is 1.45 bits per heavy atom. The lowest BCUT2D eigenvalue weighted by molar-refractivity contribution is -0.138. The van der Waals surface area contributed by atoms with Gasteiger partial charge in [-0.3, -0.25) is 4.79 Å². The molecule has 0 amide bonds. The molecule has 0 atom stereocenters. The molecule has 13 nitrogen and oxygen atoms in total. The van der Waals surface area contributed by atoms with E-state index in [4.69, 9.17) is 33.9 Å². The Hall–Kier alpha value is -9.36. The van der Waals surface area contributed by atoms with Gasteiger partial charge in [-0.15, -0.1) is 0 Å². The van der Waals surface area contributed by atoms with Crippen LogP contribution in [0.15, 0.2) is 230 Å². The zero-order chi connectivity index (χ0) is 56.4. The summed E-state index contributed by atoms with van der Waals surface area (Å²) in [5.41, 5.74) is 5.45. The third-order valence-electron chi connectivity index (χ3n) is 12.2. The minimum absolute atomic E-state index is 0.00401. The van der Waals surface area contributed by atoms with Crippen molar-refractivity contribution in [2.45, 2.75) is 70.6 Å². The molecule has 412 valence electrons. The molecule has 0 N–H and O–H groups in total. The number of ketones is 1. The zero-order valence-corrected chi connectivity index (χ0v) is 45.3. The number of Topliss-reactive ketones (excluding diaryl/α,β-unsaturated/α-hetero) is 1. The molecule has 0 spiro atoms. The largest absolute Gasteiger partial charge is 0.494 e. The molecule has 0 aliphatic carbocycles. The van der Waals surface area contributed by atoms with Crippen molar-refractivity contribution in [1.29, 1.82) is 0 Å². The third-order valence-corrected chi connectivity index (χ3v) is 12.2. The number of unbranched alkanes of at least 4 members (excludes halogenated alkanes) is 6. The van der Waals surface area contributed by atoms with Crippen LogP contribution < -0.4 is 19.5 Å². The van der Waals surface area contributed by atoms with Gasteiger partial charge in [0, 0.05) is 36.1 Å². The topological polar surface area (TPSA) is 146 Å². The van der Waals surface area contributed by atoms with E-state index >= 15 is 0 Å². The zero-order valence-electron chi connectivity index (χ0n) is 45.3. The summed E-state index contributed by atoms with van der Waals surface area (Å²) in [5, 5.41) is 13.7. The lowest BCUT2D eigenvalue weighted by atomic mass is 9.98. The van der Waals surface area contributed by atoms with Crippen molar-refractivity contribution in [2.24, 2.45) is 10.2 Å². The van der Waals surface area contributed by atoms with Crippen molar-refractivity contribution in [1.82, 2.24) is 0 Å². The highest BCUT2D eigenvalue weighted by Crippen LogP contribution is 2.30. The second-order valence-corrected chi connectivity index (χ2v) is 18.2. The summed E-state index contributed by atoms with van der Waals surface area (Å²) in [5.74, 6) is -0.0195. The van der Waals surface area contributed by atoms with Crippen molar-refractivity contribution < 1.29 is 42.9 Å². The molecule has 0 fully saturated rings. The number of allylic oxidation sites excluding steroid dienone is 4. The molecule has 0 saturated heterocycles. The fourth-order valence-corrected chi connectivity index (χ4v) is 8.02. The number of aryl methyl sites for hydroxylation is 1. The summed E-state index contributed by atoms with van der Waals surface area (Å²) < 4.78 is 28.4. The number of nitrogens with zero attached hydrogens (tertiary/aromatic N) is 4. The van der Waals surface area contributed by atoms with Crippen LogP contribution in [0.5, 0.6) is 11.5 Å². The molecular formula is C67H70N4O9. The summed E-state index contributed by atoms with van der Waals surface area (Å²) in [6, 6.07) is 49.5. The van der Waals surface area contributed by atoms with Crippen LogP contribution in [0.25, 0.3) is 0 Å². The highest BCUT2D eigenvalue weighted by atomic mass is 16.5. The Bertz CT molecular complexity index is 2950. The fourth-order valence-electron chi connectivity index (χ4n) is 8.02. The molecule has 6 rings (SSSR count). The molecular weight excluding hydrogens is 1000 g/mol. The summed E-state index contributed by atoms with van der Waals surface area (Å²) in [4.78, 5) is 50.6. The molecule has 0 aliphatic rings. The van der Waals surface area contributed by atoms with Gasteiger partial charge in [-0.1, -0.05) is 105 Å². The molecule has 80 heavy (non-hydrogen) atoms. The van der Waals surface area contributed by atoms with Gasteiger partial charge in [0.15, 0.2) is 0 Å². The van der Waals surface area contributed by atoms with Gasteiger partial charge in [0.1, 0.15) is 23.0 Å². The smallest absolute Gasteiger partial charge is 0.343 e. The number of hydrazone groups is 2. The first kappa shape index (κ1) is 59.9. The van der Waals surface area contributed by atoms with Gasteiger partial charge in [-0.2, -0.15) is 10.2 Å². The number of rotatable bonds is 35. The maximum atomic E-state index is 14.2. The molecule has 0 aromatic heterocycles. The van der Waals surface area contributed by atoms with E-state index in [1.807, 2.05) is 132 Å². The SMILES string of the molecule is C=C/C=C(\C=C/CC(=O)CCc1cc(/C=N/N(c2ccccc2)c2ccccc2)c(OC(=O)c2ccc(OCCCCCCOC(=O)C=C)cc2)cc1/C=N/N(c1ccccc1)c1ccccc1)OCCCCCCOC(=O)C=C. The molecule has 6 aromatic carbocycles. The standard InChI is InChI=1S/C67H70N4O9/c1-4-28-62(76-45-23-7-9-25-47-78-65(73)5-2)38-27-37-61(72)42-39-54-49-56(52-69-71(59-33-19-13-20-34-59)60-35-21-14-22-36-60)64(50-55(54)51-68-70(57-29-15-11-16-30-57)58-31-17-12-18-32-58)80-67(75)53-40-43-63(44-41-53)77-46-24-8-10-26-48-79-66(74)6-3/h4-6,11-22,27-36,38,40-41,43-44,49-52H,1-3,7-10,23-26,37,39,42,45-48H2/b38-27-,62-28+,68-51+,69-52+. The molecule has 0 heterocycles. The number of carbonyl (C=O) groups is 4. The Labute approximate surface area is 470 Å². The van der Waals surface area contributed by atoms with E-state index in [2.05, 4.69) is 19.7 Å². The number of para-hydroxylation sites is 4. The van der Waals surface area contributed by atoms with Gasteiger partial charge >= 0.3 is 17.9 Å². The summed E-state index contributed by atoms with van der Waals surface area (Å²) in [7, 11) is 0. The van der Waals surface area contributed by atoms with Crippen LogP contribution in [0, 0.1) is 0 Å². The van der Waals surface area contributed by atoms with Crippen LogP contribution in [0.3, 0.4) is 0 Å². The number of benzene rings is 6. The van der Waals surface area contributed by atoms with Gasteiger partial charge < -0.3 is 23.7 Å². The Kier molecular flexibility index (Phi) is 25.8. The van der Waals surface area contributed by atoms with Gasteiger partial charge in [0.25, 0.3) is 0 Å². The first-order valence-electron chi connectivity index (χ1n) is 27.0. The molecule has 0 bridgehead atoms. The van der Waals surface area contributed by atoms with Gasteiger partial charge in [0.2, 0.25) is 0 Å². The average molecular weight is 1080 g/mol. The normalized spacial score (nSPS) is 11.3. The van der Waals surface area contributed by atoms with Crippen LogP contribution in [0.1, 0.15) is 91.3 Å². The highest BCUT2D eigenvalue weighted by molar-refractivity contribution is 5.96. The molecule has 0 unspecified atom stereocenters. The van der Waals surface area contributed by atoms with Crippen LogP contribution in [-0.2, 0) is 35.0 Å². The number of carbonyl (C=O) groups excluding carboxylic acids is 4. The van der Waals surface area contributed by atoms with E-state index in [-0.39, 0.29) is 24.4 Å². The minimum atomic E-state index is -0.600. The van der Waals surface area contributed by atoms with Gasteiger partial charge in [-0.25, -0.2) is 24.4 Å². The van der Waals surface area contributed by atoms with Crippen LogP contribution >= 0.6 is 0 Å². The van der Waals surface area contributed by atoms with Crippen LogP contribution in [0.4, 0.5) is 22.7 Å². The van der Waals surface area contributed by atoms with E-state index < -0.39 is 17.9 Å². The molecule has 0 radical (unpaired) electrons.